The molecule has 0 aromatic carbocycles. The lowest BCUT2D eigenvalue weighted by atomic mass is 9.76. The fraction of sp³-hybridized carbons (Fsp3) is 1.00. The minimum Gasteiger partial charge on any atom is -0.393 e. The molecule has 64 valence electrons. The maximum atomic E-state index is 9.86. The summed E-state index contributed by atoms with van der Waals surface area (Å²) in [7, 11) is 0. The van der Waals surface area contributed by atoms with Crippen molar-refractivity contribution in [1.29, 1.82) is 0 Å². The summed E-state index contributed by atoms with van der Waals surface area (Å²) in [6.45, 7) is 0. The van der Waals surface area contributed by atoms with Crippen molar-refractivity contribution in [3.8, 4) is 0 Å². The molecule has 2 unspecified atom stereocenters. The zero-order valence-corrected chi connectivity index (χ0v) is 7.65. The summed E-state index contributed by atoms with van der Waals surface area (Å²) in [6.07, 6.45) is 5.20. The molecule has 0 aromatic rings. The van der Waals surface area contributed by atoms with Crippen LogP contribution in [0.3, 0.4) is 0 Å². The summed E-state index contributed by atoms with van der Waals surface area (Å²) in [5, 5.41) is 9.86. The molecule has 1 aliphatic carbocycles. The molecular weight excluding hydrogens is 156 g/mol. The van der Waals surface area contributed by atoms with Gasteiger partial charge in [-0.1, -0.05) is 6.42 Å². The first-order chi connectivity index (χ1) is 5.38. The van der Waals surface area contributed by atoms with E-state index in [1.165, 1.54) is 37.2 Å². The van der Waals surface area contributed by atoms with Gasteiger partial charge in [0, 0.05) is 0 Å². The van der Waals surface area contributed by atoms with Gasteiger partial charge in [0.15, 0.2) is 0 Å². The van der Waals surface area contributed by atoms with Crippen LogP contribution in [0.2, 0.25) is 0 Å². The quantitative estimate of drug-likeness (QED) is 0.686. The molecule has 1 saturated carbocycles. The van der Waals surface area contributed by atoms with E-state index in [2.05, 4.69) is 0 Å². The largest absolute Gasteiger partial charge is 0.393 e. The fourth-order valence-electron chi connectivity index (χ4n) is 1.99. The lowest BCUT2D eigenvalue weighted by molar-refractivity contribution is 0.0234. The van der Waals surface area contributed by atoms with E-state index in [1.54, 1.807) is 0 Å². The molecule has 2 fully saturated rings. The van der Waals surface area contributed by atoms with Gasteiger partial charge < -0.3 is 5.11 Å². The molecular formula is C9H16OS. The Labute approximate surface area is 72.6 Å². The van der Waals surface area contributed by atoms with E-state index in [0.717, 1.165) is 0 Å². The van der Waals surface area contributed by atoms with Crippen LogP contribution in [-0.4, -0.2) is 22.7 Å². The smallest absolute Gasteiger partial charge is 0.0604 e. The van der Waals surface area contributed by atoms with Crippen LogP contribution in [0, 0.1) is 11.8 Å². The van der Waals surface area contributed by atoms with E-state index in [9.17, 15) is 5.11 Å². The summed E-state index contributed by atoms with van der Waals surface area (Å²) in [6, 6.07) is 0. The molecule has 11 heavy (non-hydrogen) atoms. The Hall–Kier alpha value is 0.310. The summed E-state index contributed by atoms with van der Waals surface area (Å²) < 4.78 is 0. The molecule has 0 bridgehead atoms. The molecule has 1 nitrogen and oxygen atoms in total. The molecule has 1 N–H and O–H groups in total. The molecule has 2 rings (SSSR count). The van der Waals surface area contributed by atoms with Gasteiger partial charge in [0.1, 0.15) is 0 Å². The number of rotatable bonds is 2. The van der Waals surface area contributed by atoms with Gasteiger partial charge in [-0.25, -0.2) is 0 Å². The zero-order valence-electron chi connectivity index (χ0n) is 6.83. The Morgan fingerprint density at radius 3 is 2.45 bits per heavy atom. The van der Waals surface area contributed by atoms with E-state index in [0.29, 0.717) is 11.8 Å². The highest BCUT2D eigenvalue weighted by molar-refractivity contribution is 7.99. The van der Waals surface area contributed by atoms with Crippen molar-refractivity contribution >= 4 is 11.8 Å². The highest BCUT2D eigenvalue weighted by Crippen LogP contribution is 2.37. The Balaban J connectivity index is 1.82. The van der Waals surface area contributed by atoms with Crippen molar-refractivity contribution in [1.82, 2.24) is 0 Å². The first kappa shape index (κ1) is 7.93. The van der Waals surface area contributed by atoms with Crippen LogP contribution in [0.4, 0.5) is 0 Å². The lowest BCUT2D eigenvalue weighted by Crippen LogP contribution is -2.33. The molecule has 0 spiro atoms. The SMILES string of the molecule is OC(C1CCC1)C1CCSC1. The second-order valence-electron chi connectivity index (χ2n) is 3.81. The highest BCUT2D eigenvalue weighted by Gasteiger charge is 2.33. The number of hydrogen-bond acceptors (Lipinski definition) is 2. The first-order valence-corrected chi connectivity index (χ1v) is 5.79. The monoisotopic (exact) mass is 172 g/mol. The molecule has 0 amide bonds. The van der Waals surface area contributed by atoms with E-state index in [4.69, 9.17) is 0 Å². The molecule has 0 radical (unpaired) electrons. The zero-order chi connectivity index (χ0) is 7.68. The Bertz CT molecular complexity index is 128. The third-order valence-corrected chi connectivity index (χ3v) is 4.27. The predicted molar refractivity (Wildman–Crippen MR) is 48.8 cm³/mol. The molecule has 2 aliphatic rings. The molecule has 2 heteroatoms. The van der Waals surface area contributed by atoms with Crippen LogP contribution in [0.5, 0.6) is 0 Å². The van der Waals surface area contributed by atoms with Crippen molar-refractivity contribution in [3.05, 3.63) is 0 Å². The normalized spacial score (nSPS) is 35.2. The van der Waals surface area contributed by atoms with Crippen molar-refractivity contribution in [2.75, 3.05) is 11.5 Å². The topological polar surface area (TPSA) is 20.2 Å². The van der Waals surface area contributed by atoms with Gasteiger partial charge in [-0.05, 0) is 42.6 Å². The van der Waals surface area contributed by atoms with Crippen molar-refractivity contribution < 1.29 is 5.11 Å². The van der Waals surface area contributed by atoms with Gasteiger partial charge in [-0.15, -0.1) is 0 Å². The van der Waals surface area contributed by atoms with E-state index in [-0.39, 0.29) is 6.10 Å². The predicted octanol–water partition coefficient (Wildman–Crippen LogP) is 1.90. The fourth-order valence-corrected chi connectivity index (χ4v) is 3.29. The van der Waals surface area contributed by atoms with Crippen LogP contribution in [0.25, 0.3) is 0 Å². The molecule has 1 heterocycles. The lowest BCUT2D eigenvalue weighted by Gasteiger charge is -2.33. The van der Waals surface area contributed by atoms with Gasteiger partial charge in [0.25, 0.3) is 0 Å². The number of aliphatic hydroxyl groups is 1. The van der Waals surface area contributed by atoms with Gasteiger partial charge in [0.2, 0.25) is 0 Å². The van der Waals surface area contributed by atoms with Gasteiger partial charge in [-0.3, -0.25) is 0 Å². The van der Waals surface area contributed by atoms with Gasteiger partial charge in [-0.2, -0.15) is 11.8 Å². The second-order valence-corrected chi connectivity index (χ2v) is 4.96. The average molecular weight is 172 g/mol. The standard InChI is InChI=1S/C9H16OS/c10-9(7-2-1-3-7)8-4-5-11-6-8/h7-10H,1-6H2. The third kappa shape index (κ3) is 1.57. The molecule has 2 atom stereocenters. The third-order valence-electron chi connectivity index (χ3n) is 3.08. The van der Waals surface area contributed by atoms with Crippen molar-refractivity contribution in [2.45, 2.75) is 31.8 Å². The van der Waals surface area contributed by atoms with Crippen molar-refractivity contribution in [3.63, 3.8) is 0 Å². The van der Waals surface area contributed by atoms with Crippen LogP contribution >= 0.6 is 11.8 Å². The van der Waals surface area contributed by atoms with Crippen molar-refractivity contribution in [2.24, 2.45) is 11.8 Å². The Morgan fingerprint density at radius 2 is 2.00 bits per heavy atom. The van der Waals surface area contributed by atoms with Gasteiger partial charge >= 0.3 is 0 Å². The molecule has 0 aromatic heterocycles. The number of hydrogen-bond donors (Lipinski definition) is 1. The van der Waals surface area contributed by atoms with Crippen LogP contribution in [0.15, 0.2) is 0 Å². The first-order valence-electron chi connectivity index (χ1n) is 4.64. The Morgan fingerprint density at radius 1 is 1.18 bits per heavy atom. The number of thioether (sulfide) groups is 1. The van der Waals surface area contributed by atoms with Crippen LogP contribution in [0.1, 0.15) is 25.7 Å². The Kier molecular flexibility index (Phi) is 2.42. The van der Waals surface area contributed by atoms with E-state index < -0.39 is 0 Å². The van der Waals surface area contributed by atoms with Crippen LogP contribution < -0.4 is 0 Å². The number of aliphatic hydroxyl groups excluding tert-OH is 1. The highest BCUT2D eigenvalue weighted by atomic mass is 32.2. The van der Waals surface area contributed by atoms with Crippen LogP contribution in [-0.2, 0) is 0 Å². The van der Waals surface area contributed by atoms with E-state index in [1.807, 2.05) is 11.8 Å². The minimum atomic E-state index is 0.0405. The van der Waals surface area contributed by atoms with Gasteiger partial charge in [0.05, 0.1) is 6.10 Å². The maximum Gasteiger partial charge on any atom is 0.0604 e. The minimum absolute atomic E-state index is 0.0405. The molecule has 1 saturated heterocycles. The summed E-state index contributed by atoms with van der Waals surface area (Å²) in [4.78, 5) is 0. The summed E-state index contributed by atoms with van der Waals surface area (Å²) in [5.74, 6) is 3.77. The molecule has 1 aliphatic heterocycles. The summed E-state index contributed by atoms with van der Waals surface area (Å²) in [5.41, 5.74) is 0. The average Bonchev–Trinajstić information content (AvgIpc) is 2.32. The van der Waals surface area contributed by atoms with E-state index >= 15 is 0 Å². The summed E-state index contributed by atoms with van der Waals surface area (Å²) >= 11 is 2.00. The maximum absolute atomic E-state index is 9.86. The second kappa shape index (κ2) is 3.36.